The van der Waals surface area contributed by atoms with Crippen LogP contribution in [0, 0.1) is 23.3 Å². The van der Waals surface area contributed by atoms with E-state index >= 15 is 0 Å². The van der Waals surface area contributed by atoms with E-state index in [1.165, 1.54) is 20.9 Å². The number of nitrogens with zero attached hydrogens (tertiary/aromatic N) is 1. The summed E-state index contributed by atoms with van der Waals surface area (Å²) in [6.07, 6.45) is 0. The third-order valence-corrected chi connectivity index (χ3v) is 2.30. The molecule has 0 fully saturated rings. The van der Waals surface area contributed by atoms with Gasteiger partial charge in [-0.05, 0) is 19.9 Å². The smallest absolute Gasteiger partial charge is 0.256 e. The molecule has 0 unspecified atom stereocenters. The number of rotatable bonds is 3. The number of carbonyl (C=O) groups is 1. The topological polar surface area (TPSA) is 40.5 Å². The van der Waals surface area contributed by atoms with Crippen molar-refractivity contribution in [3.8, 4) is 0 Å². The van der Waals surface area contributed by atoms with Gasteiger partial charge in [-0.15, -0.1) is 0 Å². The monoisotopic (exact) mass is 279 g/mol. The van der Waals surface area contributed by atoms with Crippen molar-refractivity contribution in [2.45, 2.75) is 19.4 Å². The molecule has 1 amide bonds. The summed E-state index contributed by atoms with van der Waals surface area (Å²) in [4.78, 5) is 12.7. The second kappa shape index (κ2) is 5.16. The van der Waals surface area contributed by atoms with Crippen molar-refractivity contribution < 1.29 is 27.5 Å². The maximum atomic E-state index is 13.4. The summed E-state index contributed by atoms with van der Waals surface area (Å²) in [5, 5.41) is 9.51. The Morgan fingerprint density at radius 2 is 1.74 bits per heavy atom. The highest BCUT2D eigenvalue weighted by molar-refractivity contribution is 5.94. The molecule has 0 saturated heterocycles. The molecule has 1 aromatic carbocycles. The zero-order chi connectivity index (χ0) is 15.0. The molecule has 0 spiro atoms. The van der Waals surface area contributed by atoms with Crippen LogP contribution in [-0.2, 0) is 0 Å². The number of hydrogen-bond acceptors (Lipinski definition) is 2. The minimum atomic E-state index is -2.04. The zero-order valence-electron chi connectivity index (χ0n) is 10.6. The van der Waals surface area contributed by atoms with Crippen LogP contribution in [0.25, 0.3) is 0 Å². The van der Waals surface area contributed by atoms with Crippen LogP contribution in [0.4, 0.5) is 17.6 Å². The first kappa shape index (κ1) is 15.4. The molecule has 0 aliphatic rings. The third-order valence-electron chi connectivity index (χ3n) is 2.30. The van der Waals surface area contributed by atoms with E-state index in [-0.39, 0.29) is 12.6 Å². The molecule has 0 aromatic heterocycles. The Hall–Kier alpha value is -1.63. The SMILES string of the molecule is CN(CC(C)(C)O)C(=O)c1cc(F)c(F)c(F)c1F. The Labute approximate surface area is 107 Å². The first-order valence-electron chi connectivity index (χ1n) is 5.35. The van der Waals surface area contributed by atoms with Gasteiger partial charge in [0.15, 0.2) is 23.3 Å². The summed E-state index contributed by atoms with van der Waals surface area (Å²) >= 11 is 0. The summed E-state index contributed by atoms with van der Waals surface area (Å²) in [5.74, 6) is -8.48. The van der Waals surface area contributed by atoms with E-state index in [0.717, 1.165) is 4.90 Å². The van der Waals surface area contributed by atoms with E-state index in [4.69, 9.17) is 0 Å². The van der Waals surface area contributed by atoms with Gasteiger partial charge in [-0.2, -0.15) is 0 Å². The lowest BCUT2D eigenvalue weighted by molar-refractivity contribution is 0.0364. The number of halogens is 4. The quantitative estimate of drug-likeness (QED) is 0.523. The molecule has 0 atom stereocenters. The zero-order valence-corrected chi connectivity index (χ0v) is 10.6. The van der Waals surface area contributed by atoms with Crippen LogP contribution in [0.5, 0.6) is 0 Å². The number of hydrogen-bond donors (Lipinski definition) is 1. The molecule has 1 aromatic rings. The molecule has 1 N–H and O–H groups in total. The minimum absolute atomic E-state index is 0.189. The molecule has 0 aliphatic heterocycles. The van der Waals surface area contributed by atoms with Crippen molar-refractivity contribution >= 4 is 5.91 Å². The number of amides is 1. The Morgan fingerprint density at radius 1 is 1.21 bits per heavy atom. The van der Waals surface area contributed by atoms with Crippen LogP contribution >= 0.6 is 0 Å². The summed E-state index contributed by atoms with van der Waals surface area (Å²) in [7, 11) is 1.22. The number of carbonyl (C=O) groups excluding carboxylic acids is 1. The lowest BCUT2D eigenvalue weighted by Crippen LogP contribution is -2.40. The third kappa shape index (κ3) is 3.44. The van der Waals surface area contributed by atoms with Gasteiger partial charge in [0.05, 0.1) is 11.2 Å². The first-order chi connectivity index (χ1) is 8.54. The van der Waals surface area contributed by atoms with Crippen LogP contribution in [0.2, 0.25) is 0 Å². The number of likely N-dealkylation sites (N-methyl/N-ethyl adjacent to an activating group) is 1. The maximum Gasteiger partial charge on any atom is 0.256 e. The van der Waals surface area contributed by atoms with Gasteiger partial charge in [0.2, 0.25) is 0 Å². The standard InChI is InChI=1S/C12H13F4NO2/c1-12(2,19)5-17(3)11(18)6-4-7(13)9(15)10(16)8(6)14/h4,19H,5H2,1-3H3. The number of benzene rings is 1. The molecule has 3 nitrogen and oxygen atoms in total. The Kier molecular flexibility index (Phi) is 4.19. The van der Waals surface area contributed by atoms with Crippen molar-refractivity contribution in [1.29, 1.82) is 0 Å². The second-order valence-electron chi connectivity index (χ2n) is 4.82. The number of aliphatic hydroxyl groups is 1. The van der Waals surface area contributed by atoms with E-state index in [1.54, 1.807) is 0 Å². The van der Waals surface area contributed by atoms with E-state index < -0.39 is 40.3 Å². The van der Waals surface area contributed by atoms with Gasteiger partial charge in [0.25, 0.3) is 5.91 Å². The van der Waals surface area contributed by atoms with Crippen molar-refractivity contribution in [3.63, 3.8) is 0 Å². The molecule has 0 bridgehead atoms. The van der Waals surface area contributed by atoms with E-state index in [2.05, 4.69) is 0 Å². The molecule has 0 saturated carbocycles. The average Bonchev–Trinajstić information content (AvgIpc) is 2.28. The fourth-order valence-electron chi connectivity index (χ4n) is 1.59. The predicted molar refractivity (Wildman–Crippen MR) is 59.5 cm³/mol. The Bertz CT molecular complexity index is 511. The highest BCUT2D eigenvalue weighted by atomic mass is 19.2. The van der Waals surface area contributed by atoms with Gasteiger partial charge in [-0.3, -0.25) is 4.79 Å². The fraction of sp³-hybridized carbons (Fsp3) is 0.417. The van der Waals surface area contributed by atoms with Gasteiger partial charge in [0, 0.05) is 13.6 Å². The molecule has 7 heteroatoms. The lowest BCUT2D eigenvalue weighted by atomic mass is 10.1. The first-order valence-corrected chi connectivity index (χ1v) is 5.35. The molecule has 19 heavy (non-hydrogen) atoms. The van der Waals surface area contributed by atoms with Gasteiger partial charge in [0.1, 0.15) is 0 Å². The van der Waals surface area contributed by atoms with E-state index in [0.29, 0.717) is 0 Å². The second-order valence-corrected chi connectivity index (χ2v) is 4.82. The van der Waals surface area contributed by atoms with E-state index in [1.807, 2.05) is 0 Å². The molecular weight excluding hydrogens is 266 g/mol. The highest BCUT2D eigenvalue weighted by Crippen LogP contribution is 2.20. The van der Waals surface area contributed by atoms with Crippen molar-refractivity contribution in [1.82, 2.24) is 4.90 Å². The van der Waals surface area contributed by atoms with Crippen molar-refractivity contribution in [3.05, 3.63) is 34.9 Å². The van der Waals surface area contributed by atoms with Gasteiger partial charge < -0.3 is 10.0 Å². The molecule has 0 aliphatic carbocycles. The largest absolute Gasteiger partial charge is 0.389 e. The Balaban J connectivity index is 3.14. The molecular formula is C12H13F4NO2. The average molecular weight is 279 g/mol. The van der Waals surface area contributed by atoms with Gasteiger partial charge in [-0.25, -0.2) is 17.6 Å². The minimum Gasteiger partial charge on any atom is -0.389 e. The summed E-state index contributed by atoms with van der Waals surface area (Å²) in [6, 6.07) is 0.289. The van der Waals surface area contributed by atoms with Crippen molar-refractivity contribution in [2.24, 2.45) is 0 Å². The van der Waals surface area contributed by atoms with E-state index in [9.17, 15) is 27.5 Å². The van der Waals surface area contributed by atoms with Crippen LogP contribution in [0.1, 0.15) is 24.2 Å². The van der Waals surface area contributed by atoms with Crippen LogP contribution in [0.15, 0.2) is 6.07 Å². The fourth-order valence-corrected chi connectivity index (χ4v) is 1.59. The summed E-state index contributed by atoms with van der Waals surface area (Å²) in [6.45, 7) is 2.61. The van der Waals surface area contributed by atoms with Gasteiger partial charge >= 0.3 is 0 Å². The lowest BCUT2D eigenvalue weighted by Gasteiger charge is -2.25. The van der Waals surface area contributed by atoms with Crippen LogP contribution < -0.4 is 0 Å². The predicted octanol–water partition coefficient (Wildman–Crippen LogP) is 2.09. The highest BCUT2D eigenvalue weighted by Gasteiger charge is 2.27. The summed E-state index contributed by atoms with van der Waals surface area (Å²) < 4.78 is 52.1. The molecule has 0 radical (unpaired) electrons. The normalized spacial score (nSPS) is 11.6. The van der Waals surface area contributed by atoms with Crippen LogP contribution in [-0.4, -0.2) is 35.1 Å². The molecule has 1 rings (SSSR count). The Morgan fingerprint density at radius 3 is 2.21 bits per heavy atom. The van der Waals surface area contributed by atoms with Gasteiger partial charge in [-0.1, -0.05) is 0 Å². The van der Waals surface area contributed by atoms with Crippen molar-refractivity contribution in [2.75, 3.05) is 13.6 Å². The molecule has 106 valence electrons. The maximum absolute atomic E-state index is 13.4. The van der Waals surface area contributed by atoms with Crippen LogP contribution in [0.3, 0.4) is 0 Å². The molecule has 0 heterocycles. The summed E-state index contributed by atoms with van der Waals surface area (Å²) in [5.41, 5.74) is -2.19.